The largest absolute Gasteiger partial charge is 0.444 e. The van der Waals surface area contributed by atoms with Gasteiger partial charge in [0.25, 0.3) is 0 Å². The van der Waals surface area contributed by atoms with Gasteiger partial charge in [0.1, 0.15) is 11.4 Å². The number of carbonyl (C=O) groups excluding carboxylic acids is 1. The van der Waals surface area contributed by atoms with Crippen LogP contribution in [0, 0.1) is 5.92 Å². The summed E-state index contributed by atoms with van der Waals surface area (Å²) in [7, 11) is 0. The maximum absolute atomic E-state index is 13.3. The molecular weight excluding hydrogens is 292 g/mol. The number of rotatable bonds is 3. The first-order chi connectivity index (χ1) is 10.2. The van der Waals surface area contributed by atoms with Crippen molar-refractivity contribution in [2.75, 3.05) is 0 Å². The van der Waals surface area contributed by atoms with E-state index in [-0.39, 0.29) is 18.8 Å². The number of aromatic nitrogens is 2. The van der Waals surface area contributed by atoms with Gasteiger partial charge in [-0.25, -0.2) is 18.6 Å². The molecule has 0 spiro atoms. The monoisotopic (exact) mass is 315 g/mol. The highest BCUT2D eigenvalue weighted by atomic mass is 19.3. The minimum atomic E-state index is -2.60. The van der Waals surface area contributed by atoms with Gasteiger partial charge in [0.15, 0.2) is 0 Å². The SMILES string of the molecule is CC(C)(C)OC(=O)N[C@H](c1ncc[nH]1)C1CCC(F)(F)CC1. The molecule has 0 radical (unpaired) electrons. The first-order valence-electron chi connectivity index (χ1n) is 7.53. The standard InChI is InChI=1S/C15H23F2N3O2/c1-14(2,3)22-13(21)20-11(12-18-8-9-19-12)10-4-6-15(16,17)7-5-10/h8-11H,4-7H2,1-3H3,(H,18,19)(H,20,21)/t11-/m0/s1. The average molecular weight is 315 g/mol. The Bertz CT molecular complexity index is 487. The highest BCUT2D eigenvalue weighted by Crippen LogP contribution is 2.40. The fourth-order valence-electron chi connectivity index (χ4n) is 2.69. The van der Waals surface area contributed by atoms with Crippen LogP contribution in [0.3, 0.4) is 0 Å². The van der Waals surface area contributed by atoms with Gasteiger partial charge < -0.3 is 15.0 Å². The number of alkyl carbamates (subject to hydrolysis) is 1. The van der Waals surface area contributed by atoms with E-state index in [0.717, 1.165) is 0 Å². The molecule has 1 saturated carbocycles. The molecule has 1 atom stereocenters. The maximum Gasteiger partial charge on any atom is 0.408 e. The van der Waals surface area contributed by atoms with E-state index < -0.39 is 23.7 Å². The van der Waals surface area contributed by atoms with Gasteiger partial charge in [-0.15, -0.1) is 0 Å². The van der Waals surface area contributed by atoms with Crippen molar-refractivity contribution in [3.8, 4) is 0 Å². The molecule has 2 N–H and O–H groups in total. The number of aromatic amines is 1. The molecule has 7 heteroatoms. The molecule has 22 heavy (non-hydrogen) atoms. The third kappa shape index (κ3) is 4.68. The second-order valence-electron chi connectivity index (χ2n) is 6.79. The first kappa shape index (κ1) is 16.7. The summed E-state index contributed by atoms with van der Waals surface area (Å²) in [6, 6.07) is -0.444. The quantitative estimate of drug-likeness (QED) is 0.891. The Hall–Kier alpha value is -1.66. The number of alkyl halides is 2. The van der Waals surface area contributed by atoms with Crippen molar-refractivity contribution in [3.05, 3.63) is 18.2 Å². The summed E-state index contributed by atoms with van der Waals surface area (Å²) in [6.45, 7) is 5.32. The maximum atomic E-state index is 13.3. The Morgan fingerprint density at radius 3 is 2.59 bits per heavy atom. The van der Waals surface area contributed by atoms with Gasteiger partial charge >= 0.3 is 6.09 Å². The molecular formula is C15H23F2N3O2. The highest BCUT2D eigenvalue weighted by molar-refractivity contribution is 5.68. The lowest BCUT2D eigenvalue weighted by Crippen LogP contribution is -2.40. The van der Waals surface area contributed by atoms with Gasteiger partial charge in [-0.1, -0.05) is 0 Å². The van der Waals surface area contributed by atoms with Crippen LogP contribution < -0.4 is 5.32 Å². The number of nitrogens with one attached hydrogen (secondary N) is 2. The lowest BCUT2D eigenvalue weighted by molar-refractivity contribution is -0.0502. The van der Waals surface area contributed by atoms with E-state index in [0.29, 0.717) is 18.7 Å². The van der Waals surface area contributed by atoms with Crippen LogP contribution in [0.25, 0.3) is 0 Å². The highest BCUT2D eigenvalue weighted by Gasteiger charge is 2.39. The molecule has 1 fully saturated rings. The van der Waals surface area contributed by atoms with E-state index >= 15 is 0 Å². The summed E-state index contributed by atoms with van der Waals surface area (Å²) < 4.78 is 31.9. The number of nitrogens with zero attached hydrogens (tertiary/aromatic N) is 1. The Kier molecular flexibility index (Phi) is 4.72. The Morgan fingerprint density at radius 2 is 2.09 bits per heavy atom. The predicted octanol–water partition coefficient (Wildman–Crippen LogP) is 3.80. The van der Waals surface area contributed by atoms with E-state index in [2.05, 4.69) is 15.3 Å². The van der Waals surface area contributed by atoms with Crippen LogP contribution in [0.15, 0.2) is 12.4 Å². The van der Waals surface area contributed by atoms with Gasteiger partial charge in [0.05, 0.1) is 6.04 Å². The molecule has 124 valence electrons. The first-order valence-corrected chi connectivity index (χ1v) is 7.53. The average Bonchev–Trinajstić information content (AvgIpc) is 2.88. The summed E-state index contributed by atoms with van der Waals surface area (Å²) in [5.74, 6) is -2.12. The second kappa shape index (κ2) is 6.22. The molecule has 1 amide bonds. The van der Waals surface area contributed by atoms with Crippen LogP contribution in [-0.4, -0.2) is 27.6 Å². The summed E-state index contributed by atoms with van der Waals surface area (Å²) in [4.78, 5) is 19.1. The molecule has 1 aliphatic rings. The van der Waals surface area contributed by atoms with Gasteiger partial charge in [0.2, 0.25) is 5.92 Å². The number of carbonyl (C=O) groups is 1. The second-order valence-corrected chi connectivity index (χ2v) is 6.79. The van der Waals surface area contributed by atoms with Gasteiger partial charge in [-0.3, -0.25) is 0 Å². The van der Waals surface area contributed by atoms with Crippen LogP contribution >= 0.6 is 0 Å². The fraction of sp³-hybridized carbons (Fsp3) is 0.733. The Balaban J connectivity index is 2.06. The summed E-state index contributed by atoms with van der Waals surface area (Å²) in [5.41, 5.74) is -0.614. The molecule has 0 aliphatic heterocycles. The minimum Gasteiger partial charge on any atom is -0.444 e. The topological polar surface area (TPSA) is 67.0 Å². The van der Waals surface area contributed by atoms with Gasteiger partial charge in [-0.2, -0.15) is 0 Å². The molecule has 1 heterocycles. The lowest BCUT2D eigenvalue weighted by Gasteiger charge is -2.33. The van der Waals surface area contributed by atoms with E-state index in [1.165, 1.54) is 0 Å². The normalized spacial score (nSPS) is 20.4. The van der Waals surface area contributed by atoms with Gasteiger partial charge in [0, 0.05) is 25.2 Å². The van der Waals surface area contributed by atoms with Crippen LogP contribution in [0.4, 0.5) is 13.6 Å². The van der Waals surface area contributed by atoms with Crippen molar-refractivity contribution in [3.63, 3.8) is 0 Å². The third-order valence-electron chi connectivity index (χ3n) is 3.72. The number of hydrogen-bond acceptors (Lipinski definition) is 3. The lowest BCUT2D eigenvalue weighted by atomic mass is 9.82. The number of ether oxygens (including phenoxy) is 1. The van der Waals surface area contributed by atoms with E-state index in [1.807, 2.05) is 0 Å². The summed E-state index contributed by atoms with van der Waals surface area (Å²) >= 11 is 0. The van der Waals surface area contributed by atoms with Crippen molar-refractivity contribution in [2.24, 2.45) is 5.92 Å². The minimum absolute atomic E-state index is 0.0849. The number of halogens is 2. The summed E-state index contributed by atoms with van der Waals surface area (Å²) in [6.07, 6.45) is 3.02. The van der Waals surface area contributed by atoms with Crippen LogP contribution in [0.1, 0.15) is 58.3 Å². The summed E-state index contributed by atoms with van der Waals surface area (Å²) in [5, 5.41) is 2.77. The van der Waals surface area contributed by atoms with Crippen molar-refractivity contribution < 1.29 is 18.3 Å². The zero-order valence-electron chi connectivity index (χ0n) is 13.2. The van der Waals surface area contributed by atoms with Crippen molar-refractivity contribution in [2.45, 2.75) is 64.0 Å². The number of imidazole rings is 1. The number of hydrogen-bond donors (Lipinski definition) is 2. The molecule has 0 unspecified atom stereocenters. The van der Waals surface area contributed by atoms with Crippen LogP contribution in [0.2, 0.25) is 0 Å². The third-order valence-corrected chi connectivity index (χ3v) is 3.72. The van der Waals surface area contributed by atoms with E-state index in [1.54, 1.807) is 33.2 Å². The fourth-order valence-corrected chi connectivity index (χ4v) is 2.69. The molecule has 0 saturated heterocycles. The van der Waals surface area contributed by atoms with E-state index in [4.69, 9.17) is 4.74 Å². The van der Waals surface area contributed by atoms with Crippen LogP contribution in [0.5, 0.6) is 0 Å². The molecule has 1 aliphatic carbocycles. The van der Waals surface area contributed by atoms with Crippen molar-refractivity contribution in [1.82, 2.24) is 15.3 Å². The number of amides is 1. The van der Waals surface area contributed by atoms with Crippen LogP contribution in [-0.2, 0) is 4.74 Å². The molecule has 1 aromatic rings. The molecule has 1 aromatic heterocycles. The Morgan fingerprint density at radius 1 is 1.45 bits per heavy atom. The number of H-pyrrole nitrogens is 1. The van der Waals surface area contributed by atoms with Gasteiger partial charge in [-0.05, 0) is 39.5 Å². The van der Waals surface area contributed by atoms with Crippen molar-refractivity contribution in [1.29, 1.82) is 0 Å². The molecule has 0 bridgehead atoms. The Labute approximate surface area is 128 Å². The molecule has 2 rings (SSSR count). The molecule has 5 nitrogen and oxygen atoms in total. The smallest absolute Gasteiger partial charge is 0.408 e. The zero-order valence-corrected chi connectivity index (χ0v) is 13.2. The van der Waals surface area contributed by atoms with Crippen molar-refractivity contribution >= 4 is 6.09 Å². The zero-order chi connectivity index (χ0) is 16.4. The van der Waals surface area contributed by atoms with E-state index in [9.17, 15) is 13.6 Å². The predicted molar refractivity (Wildman–Crippen MR) is 77.6 cm³/mol. The molecule has 0 aromatic carbocycles.